The van der Waals surface area contributed by atoms with Gasteiger partial charge in [-0.2, -0.15) is 0 Å². The van der Waals surface area contributed by atoms with Gasteiger partial charge in [0, 0.05) is 11.4 Å². The van der Waals surface area contributed by atoms with Crippen molar-refractivity contribution in [2.75, 3.05) is 11.9 Å². The molecular formula is C15H24N2O2S. The molecule has 1 aromatic heterocycles. The first-order chi connectivity index (χ1) is 9.72. The molecular weight excluding hydrogens is 272 g/mol. The second kappa shape index (κ2) is 7.62. The number of esters is 1. The van der Waals surface area contributed by atoms with E-state index in [2.05, 4.69) is 17.2 Å². The van der Waals surface area contributed by atoms with Gasteiger partial charge >= 0.3 is 5.97 Å². The molecule has 0 amide bonds. The second-order valence-corrected chi connectivity index (χ2v) is 6.27. The third-order valence-electron chi connectivity index (χ3n) is 3.86. The number of ether oxygens (including phenoxy) is 1. The Morgan fingerprint density at radius 2 is 2.15 bits per heavy atom. The van der Waals surface area contributed by atoms with E-state index in [9.17, 15) is 4.79 Å². The van der Waals surface area contributed by atoms with Crippen LogP contribution in [0.2, 0.25) is 0 Å². The average Bonchev–Trinajstić information content (AvgIpc) is 2.90. The third-order valence-corrected chi connectivity index (χ3v) is 4.63. The molecule has 4 nitrogen and oxygen atoms in total. The minimum absolute atomic E-state index is 0.330. The fourth-order valence-corrected chi connectivity index (χ4v) is 3.58. The zero-order chi connectivity index (χ0) is 14.4. The van der Waals surface area contributed by atoms with Crippen LogP contribution in [-0.4, -0.2) is 23.6 Å². The number of carbonyl (C=O) groups excluding carboxylic acids is 1. The number of anilines is 1. The molecule has 0 radical (unpaired) electrons. The highest BCUT2D eigenvalue weighted by atomic mass is 32.1. The van der Waals surface area contributed by atoms with Crippen LogP contribution in [0.1, 0.15) is 62.9 Å². The summed E-state index contributed by atoms with van der Waals surface area (Å²) in [4.78, 5) is 15.9. The molecule has 0 spiro atoms. The number of nitrogens with one attached hydrogen (secondary N) is 1. The van der Waals surface area contributed by atoms with Crippen molar-refractivity contribution in [3.8, 4) is 0 Å². The quantitative estimate of drug-likeness (QED) is 0.803. The first-order valence-electron chi connectivity index (χ1n) is 7.62. The molecule has 5 heteroatoms. The lowest BCUT2D eigenvalue weighted by atomic mass is 9.83. The van der Waals surface area contributed by atoms with Gasteiger partial charge in [0.15, 0.2) is 10.8 Å². The Labute approximate surface area is 124 Å². The molecule has 1 fully saturated rings. The predicted molar refractivity (Wildman–Crippen MR) is 82.3 cm³/mol. The summed E-state index contributed by atoms with van der Waals surface area (Å²) in [7, 11) is 0. The molecule has 1 aliphatic carbocycles. The Morgan fingerprint density at radius 1 is 1.40 bits per heavy atom. The Bertz CT molecular complexity index is 425. The highest BCUT2D eigenvalue weighted by molar-refractivity contribution is 7.13. The van der Waals surface area contributed by atoms with Gasteiger partial charge in [0.2, 0.25) is 0 Å². The van der Waals surface area contributed by atoms with E-state index in [0.29, 0.717) is 18.3 Å². The first kappa shape index (κ1) is 15.3. The summed E-state index contributed by atoms with van der Waals surface area (Å²) >= 11 is 1.49. The van der Waals surface area contributed by atoms with Gasteiger partial charge in [-0.15, -0.1) is 11.3 Å². The largest absolute Gasteiger partial charge is 0.461 e. The van der Waals surface area contributed by atoms with Crippen molar-refractivity contribution in [1.82, 2.24) is 4.98 Å². The van der Waals surface area contributed by atoms with E-state index in [1.54, 1.807) is 12.3 Å². The zero-order valence-corrected chi connectivity index (χ0v) is 13.2. The van der Waals surface area contributed by atoms with Crippen LogP contribution in [0.25, 0.3) is 0 Å². The molecule has 1 heterocycles. The highest BCUT2D eigenvalue weighted by Gasteiger charge is 2.21. The summed E-state index contributed by atoms with van der Waals surface area (Å²) < 4.78 is 4.95. The predicted octanol–water partition coefficient (Wildman–Crippen LogP) is 4.09. The molecule has 1 aromatic rings. The molecule has 2 rings (SSSR count). The Kier molecular flexibility index (Phi) is 5.83. The number of carbonyl (C=O) groups is 1. The van der Waals surface area contributed by atoms with E-state index in [0.717, 1.165) is 11.0 Å². The number of aromatic nitrogens is 1. The molecule has 0 saturated heterocycles. The summed E-state index contributed by atoms with van der Waals surface area (Å²) in [6, 6.07) is 0.504. The maximum atomic E-state index is 11.6. The summed E-state index contributed by atoms with van der Waals surface area (Å²) in [5.74, 6) is 0.577. The van der Waals surface area contributed by atoms with Crippen molar-refractivity contribution < 1.29 is 9.53 Å². The molecule has 0 aliphatic heterocycles. The van der Waals surface area contributed by atoms with E-state index in [1.165, 1.54) is 49.9 Å². The summed E-state index contributed by atoms with van der Waals surface area (Å²) in [5.41, 5.74) is 0.416. The minimum Gasteiger partial charge on any atom is -0.461 e. The molecule has 0 atom stereocenters. The monoisotopic (exact) mass is 296 g/mol. The molecule has 1 saturated carbocycles. The maximum absolute atomic E-state index is 11.6. The van der Waals surface area contributed by atoms with Gasteiger partial charge in [0.1, 0.15) is 0 Å². The van der Waals surface area contributed by atoms with E-state index in [1.807, 2.05) is 0 Å². The van der Waals surface area contributed by atoms with Gasteiger partial charge in [-0.05, 0) is 38.5 Å². The lowest BCUT2D eigenvalue weighted by molar-refractivity contribution is 0.0520. The fraction of sp³-hybridized carbons (Fsp3) is 0.733. The standard InChI is InChI=1S/C15H24N2O2S/c1-3-5-11-6-8-12(9-7-11)16-15-17-13(10-20-15)14(18)19-4-2/h10-12H,3-9H2,1-2H3,(H,16,17). The van der Waals surface area contributed by atoms with E-state index >= 15 is 0 Å². The number of hydrogen-bond donors (Lipinski definition) is 1. The normalized spacial score (nSPS) is 22.5. The summed E-state index contributed by atoms with van der Waals surface area (Å²) in [5, 5.41) is 6.07. The van der Waals surface area contributed by atoms with Gasteiger partial charge in [-0.1, -0.05) is 19.8 Å². The lowest BCUT2D eigenvalue weighted by Gasteiger charge is -2.28. The van der Waals surface area contributed by atoms with E-state index in [4.69, 9.17) is 4.74 Å². The van der Waals surface area contributed by atoms with Crippen LogP contribution in [0.5, 0.6) is 0 Å². The summed E-state index contributed by atoms with van der Waals surface area (Å²) in [6.45, 7) is 4.45. The second-order valence-electron chi connectivity index (χ2n) is 5.41. The molecule has 1 N–H and O–H groups in total. The number of rotatable bonds is 6. The van der Waals surface area contributed by atoms with Crippen molar-refractivity contribution >= 4 is 22.4 Å². The van der Waals surface area contributed by atoms with Crippen molar-refractivity contribution in [3.63, 3.8) is 0 Å². The van der Waals surface area contributed by atoms with Crippen molar-refractivity contribution in [1.29, 1.82) is 0 Å². The van der Waals surface area contributed by atoms with Gasteiger partial charge in [0.25, 0.3) is 0 Å². The number of hydrogen-bond acceptors (Lipinski definition) is 5. The Morgan fingerprint density at radius 3 is 2.80 bits per heavy atom. The van der Waals surface area contributed by atoms with Crippen LogP contribution in [0.15, 0.2) is 5.38 Å². The molecule has 1 aliphatic rings. The highest BCUT2D eigenvalue weighted by Crippen LogP contribution is 2.30. The van der Waals surface area contributed by atoms with Crippen LogP contribution in [-0.2, 0) is 4.74 Å². The molecule has 0 bridgehead atoms. The van der Waals surface area contributed by atoms with Gasteiger partial charge in [-0.3, -0.25) is 0 Å². The fourth-order valence-electron chi connectivity index (χ4n) is 2.82. The summed E-state index contributed by atoms with van der Waals surface area (Å²) in [6.07, 6.45) is 7.68. The maximum Gasteiger partial charge on any atom is 0.357 e. The van der Waals surface area contributed by atoms with Crippen LogP contribution in [0.4, 0.5) is 5.13 Å². The Hall–Kier alpha value is -1.10. The van der Waals surface area contributed by atoms with Crippen molar-refractivity contribution in [3.05, 3.63) is 11.1 Å². The van der Waals surface area contributed by atoms with Crippen LogP contribution in [0.3, 0.4) is 0 Å². The smallest absolute Gasteiger partial charge is 0.357 e. The number of thiazole rings is 1. The topological polar surface area (TPSA) is 51.2 Å². The third kappa shape index (κ3) is 4.20. The molecule has 112 valence electrons. The van der Waals surface area contributed by atoms with Crippen molar-refractivity contribution in [2.24, 2.45) is 5.92 Å². The van der Waals surface area contributed by atoms with Gasteiger partial charge < -0.3 is 10.1 Å². The number of nitrogens with zero attached hydrogens (tertiary/aromatic N) is 1. The van der Waals surface area contributed by atoms with Crippen LogP contribution >= 0.6 is 11.3 Å². The van der Waals surface area contributed by atoms with Gasteiger partial charge in [-0.25, -0.2) is 9.78 Å². The molecule has 0 aromatic carbocycles. The first-order valence-corrected chi connectivity index (χ1v) is 8.50. The van der Waals surface area contributed by atoms with Gasteiger partial charge in [0.05, 0.1) is 6.61 Å². The van der Waals surface area contributed by atoms with Crippen LogP contribution in [0, 0.1) is 5.92 Å². The van der Waals surface area contributed by atoms with E-state index in [-0.39, 0.29) is 5.97 Å². The van der Waals surface area contributed by atoms with E-state index < -0.39 is 0 Å². The Balaban J connectivity index is 1.81. The van der Waals surface area contributed by atoms with Crippen molar-refractivity contribution in [2.45, 2.75) is 58.4 Å². The lowest BCUT2D eigenvalue weighted by Crippen LogP contribution is -2.26. The SMILES string of the molecule is CCCC1CCC(Nc2nc(C(=O)OCC)cs2)CC1. The van der Waals surface area contributed by atoms with Crippen LogP contribution < -0.4 is 5.32 Å². The average molecular weight is 296 g/mol. The zero-order valence-electron chi connectivity index (χ0n) is 12.4. The minimum atomic E-state index is -0.330. The molecule has 0 unspecified atom stereocenters. The molecule has 20 heavy (non-hydrogen) atoms.